The van der Waals surface area contributed by atoms with E-state index in [4.69, 9.17) is 4.65 Å². The molecule has 0 saturated heterocycles. The molecule has 0 N–H and O–H groups in total. The zero-order chi connectivity index (χ0) is 37.6. The van der Waals surface area contributed by atoms with Gasteiger partial charge in [0.15, 0.2) is 7.14 Å². The normalized spacial score (nSPS) is 13.6. The molecule has 0 spiro atoms. The van der Waals surface area contributed by atoms with Crippen molar-refractivity contribution in [2.24, 2.45) is 0 Å². The smallest absolute Gasteiger partial charge is 0.309 e. The second-order valence-electron chi connectivity index (χ2n) is 15.4. The molecule has 8 rings (SSSR count). The molecular weight excluding hydrogens is 693 g/mol. The first-order valence-corrected chi connectivity index (χ1v) is 21.0. The minimum atomic E-state index is -3.12. The van der Waals surface area contributed by atoms with E-state index < -0.39 is 18.2 Å². The summed E-state index contributed by atoms with van der Waals surface area (Å²) in [4.78, 5) is 0. The van der Waals surface area contributed by atoms with E-state index >= 15 is 4.57 Å². The zero-order valence-corrected chi connectivity index (χ0v) is 33.4. The largest absolute Gasteiger partial charge is 0.429 e. The summed E-state index contributed by atoms with van der Waals surface area (Å²) in [5.74, 6) is 0. The van der Waals surface area contributed by atoms with Crippen molar-refractivity contribution < 1.29 is 9.22 Å². The van der Waals surface area contributed by atoms with Crippen LogP contribution >= 0.6 is 16.4 Å². The fourth-order valence-corrected chi connectivity index (χ4v) is 10.7. The van der Waals surface area contributed by atoms with Gasteiger partial charge in [-0.1, -0.05) is 190 Å². The van der Waals surface area contributed by atoms with Gasteiger partial charge in [-0.15, -0.1) is 9.24 Å². The van der Waals surface area contributed by atoms with Crippen LogP contribution in [-0.2, 0) is 14.6 Å². The Kier molecular flexibility index (Phi) is 9.48. The fraction of sp³-hybridized carbons (Fsp3) is 0.143. The Morgan fingerprint density at radius 1 is 0.519 bits per heavy atom. The van der Waals surface area contributed by atoms with E-state index in [1.165, 1.54) is 33.4 Å². The molecule has 0 saturated carbocycles. The summed E-state index contributed by atoms with van der Waals surface area (Å²) in [6.45, 7) is 8.73. The summed E-state index contributed by atoms with van der Waals surface area (Å²) in [5.41, 5.74) is 9.78. The molecule has 266 valence electrons. The molecule has 1 unspecified atom stereocenters. The standard InChI is InChI=1S/C49H45BO2P2/c1-47(2,48(3,4)53)52-50-46-34-45-43(41-27-17-18-28-44(41)49(45,36-19-9-5-10-20-36)37-21-11-6-12-22-37)33-42(46)35-29-31-40(32-30-35)54(51,38-23-13-7-14-24-38)39-25-15-8-16-26-39/h5-34,50H,53H2,1-4H3. The van der Waals surface area contributed by atoms with Gasteiger partial charge in [0.05, 0.1) is 11.0 Å². The molecule has 1 aliphatic carbocycles. The highest BCUT2D eigenvalue weighted by molar-refractivity contribution is 7.85. The Hall–Kier alpha value is -4.78. The first-order chi connectivity index (χ1) is 26.0. The summed E-state index contributed by atoms with van der Waals surface area (Å²) in [6, 6.07) is 63.7. The SMILES string of the molecule is CC(C)(P)C(C)(C)OBc1cc2c(cc1-c1ccc(P(=O)(c3ccccc3)c3ccccc3)cc1)-c1ccccc1C2(c1ccccc1)c1ccccc1. The molecule has 0 radical (unpaired) electrons. The summed E-state index contributed by atoms with van der Waals surface area (Å²) >= 11 is 0. The van der Waals surface area contributed by atoms with Crippen LogP contribution in [0.5, 0.6) is 0 Å². The molecule has 0 amide bonds. The Morgan fingerprint density at radius 3 is 1.50 bits per heavy atom. The van der Waals surface area contributed by atoms with Crippen LogP contribution < -0.4 is 21.4 Å². The van der Waals surface area contributed by atoms with E-state index in [2.05, 4.69) is 158 Å². The van der Waals surface area contributed by atoms with Crippen molar-refractivity contribution >= 4 is 45.2 Å². The predicted molar refractivity (Wildman–Crippen MR) is 234 cm³/mol. The molecule has 2 nitrogen and oxygen atoms in total. The number of rotatable bonds is 10. The average Bonchev–Trinajstić information content (AvgIpc) is 3.50. The molecule has 0 aromatic heterocycles. The third kappa shape index (κ3) is 6.04. The van der Waals surface area contributed by atoms with E-state index in [9.17, 15) is 0 Å². The molecule has 1 atom stereocenters. The van der Waals surface area contributed by atoms with Gasteiger partial charge in [-0.3, -0.25) is 0 Å². The van der Waals surface area contributed by atoms with Crippen LogP contribution in [0.1, 0.15) is 49.9 Å². The lowest BCUT2D eigenvalue weighted by molar-refractivity contribution is 0.0841. The lowest BCUT2D eigenvalue weighted by Crippen LogP contribution is -2.45. The third-order valence-electron chi connectivity index (χ3n) is 11.6. The highest BCUT2D eigenvalue weighted by Crippen LogP contribution is 2.56. The summed E-state index contributed by atoms with van der Waals surface area (Å²) in [6.07, 6.45) is 0. The molecule has 7 aromatic carbocycles. The van der Waals surface area contributed by atoms with E-state index in [1.54, 1.807) is 0 Å². The maximum Gasteiger partial charge on any atom is 0.309 e. The van der Waals surface area contributed by atoms with Crippen molar-refractivity contribution in [2.45, 2.75) is 43.9 Å². The Labute approximate surface area is 323 Å². The minimum Gasteiger partial charge on any atom is -0.429 e. The third-order valence-corrected chi connectivity index (χ3v) is 15.4. The van der Waals surface area contributed by atoms with Crippen LogP contribution in [0.2, 0.25) is 0 Å². The van der Waals surface area contributed by atoms with Crippen LogP contribution in [0.3, 0.4) is 0 Å². The van der Waals surface area contributed by atoms with Crippen molar-refractivity contribution in [3.63, 3.8) is 0 Å². The molecule has 0 bridgehead atoms. The van der Waals surface area contributed by atoms with Crippen LogP contribution in [0.15, 0.2) is 182 Å². The van der Waals surface area contributed by atoms with Gasteiger partial charge >= 0.3 is 7.48 Å². The molecule has 5 heteroatoms. The molecule has 0 fully saturated rings. The Balaban J connectivity index is 1.35. The topological polar surface area (TPSA) is 26.3 Å². The Morgan fingerprint density at radius 2 is 0.981 bits per heavy atom. The van der Waals surface area contributed by atoms with Crippen molar-refractivity contribution in [1.82, 2.24) is 0 Å². The molecule has 1 aliphatic rings. The van der Waals surface area contributed by atoms with E-state index in [1.807, 2.05) is 60.7 Å². The first-order valence-electron chi connectivity index (χ1n) is 18.7. The van der Waals surface area contributed by atoms with Gasteiger partial charge in [-0.05, 0) is 69.9 Å². The molecule has 0 aliphatic heterocycles. The van der Waals surface area contributed by atoms with Gasteiger partial charge in [0.1, 0.15) is 0 Å². The maximum atomic E-state index is 15.2. The van der Waals surface area contributed by atoms with E-state index in [-0.39, 0.29) is 5.16 Å². The lowest BCUT2D eigenvalue weighted by Gasteiger charge is -2.39. The average molecular weight is 739 g/mol. The van der Waals surface area contributed by atoms with Gasteiger partial charge in [0, 0.05) is 21.1 Å². The lowest BCUT2D eigenvalue weighted by atomic mass is 9.66. The van der Waals surface area contributed by atoms with Crippen LogP contribution in [0.4, 0.5) is 0 Å². The van der Waals surface area contributed by atoms with Gasteiger partial charge in [-0.25, -0.2) is 0 Å². The first kappa shape index (κ1) is 36.2. The number of hydrogen-bond donors (Lipinski definition) is 0. The van der Waals surface area contributed by atoms with Gasteiger partial charge in [0.25, 0.3) is 0 Å². The summed E-state index contributed by atoms with van der Waals surface area (Å²) in [7, 11) is 0.281. The number of benzene rings is 7. The minimum absolute atomic E-state index is 0.157. The number of hydrogen-bond acceptors (Lipinski definition) is 2. The van der Waals surface area contributed by atoms with Crippen LogP contribution in [0.25, 0.3) is 22.3 Å². The molecule has 7 aromatic rings. The second-order valence-corrected chi connectivity index (χ2v) is 19.6. The van der Waals surface area contributed by atoms with E-state index in [0.29, 0.717) is 7.48 Å². The van der Waals surface area contributed by atoms with Gasteiger partial charge in [0.2, 0.25) is 0 Å². The predicted octanol–water partition coefficient (Wildman–Crippen LogP) is 9.78. The quantitative estimate of drug-likeness (QED) is 0.103. The second kappa shape index (κ2) is 14.1. The fourth-order valence-electron chi connectivity index (χ4n) is 7.94. The zero-order valence-electron chi connectivity index (χ0n) is 31.4. The maximum absolute atomic E-state index is 15.2. The molecule has 54 heavy (non-hydrogen) atoms. The highest BCUT2D eigenvalue weighted by Gasteiger charge is 2.46. The van der Waals surface area contributed by atoms with Crippen LogP contribution in [-0.4, -0.2) is 18.2 Å². The monoisotopic (exact) mass is 738 g/mol. The van der Waals surface area contributed by atoms with Gasteiger partial charge < -0.3 is 9.22 Å². The summed E-state index contributed by atoms with van der Waals surface area (Å²) < 4.78 is 22.1. The highest BCUT2D eigenvalue weighted by atomic mass is 31.2. The van der Waals surface area contributed by atoms with Crippen molar-refractivity contribution in [2.75, 3.05) is 0 Å². The van der Waals surface area contributed by atoms with E-state index in [0.717, 1.165) is 32.5 Å². The molecular formula is C49H45BO2P2. The molecule has 0 heterocycles. The number of fused-ring (bicyclic) bond motifs is 3. The van der Waals surface area contributed by atoms with Crippen LogP contribution in [0, 0.1) is 0 Å². The summed E-state index contributed by atoms with van der Waals surface area (Å²) in [5, 5.41) is 2.31. The van der Waals surface area contributed by atoms with Crippen molar-refractivity contribution in [3.8, 4) is 22.3 Å². The Bertz CT molecular complexity index is 2370. The van der Waals surface area contributed by atoms with Gasteiger partial charge in [-0.2, -0.15) is 0 Å². The van der Waals surface area contributed by atoms with Crippen molar-refractivity contribution in [3.05, 3.63) is 204 Å². The van der Waals surface area contributed by atoms with Crippen molar-refractivity contribution in [1.29, 1.82) is 0 Å².